The Labute approximate surface area is 105 Å². The number of fused-ring (bicyclic) bond motifs is 2. The SMILES string of the molecule is COc1ncnc2c1NC(=O)C1CCCCC1N2. The molecule has 96 valence electrons. The van der Waals surface area contributed by atoms with Crippen LogP contribution in [0.3, 0.4) is 0 Å². The van der Waals surface area contributed by atoms with Crippen LogP contribution in [0.5, 0.6) is 5.88 Å². The number of hydrogen-bond acceptors (Lipinski definition) is 5. The lowest BCUT2D eigenvalue weighted by Crippen LogP contribution is -2.37. The first-order valence-electron chi connectivity index (χ1n) is 6.26. The summed E-state index contributed by atoms with van der Waals surface area (Å²) < 4.78 is 5.16. The van der Waals surface area contributed by atoms with Crippen LogP contribution in [-0.4, -0.2) is 29.0 Å². The summed E-state index contributed by atoms with van der Waals surface area (Å²) in [6.45, 7) is 0. The second-order valence-corrected chi connectivity index (χ2v) is 4.74. The van der Waals surface area contributed by atoms with Gasteiger partial charge in [-0.3, -0.25) is 4.79 Å². The third-order valence-corrected chi connectivity index (χ3v) is 3.68. The quantitative estimate of drug-likeness (QED) is 0.785. The molecular formula is C12H16N4O2. The lowest BCUT2D eigenvalue weighted by atomic mass is 9.84. The number of methoxy groups -OCH3 is 1. The standard InChI is InChI=1S/C12H16N4O2/c1-18-12-9-10(13-6-14-12)15-8-5-3-2-4-7(8)11(17)16-9/h6-8H,2-5H2,1H3,(H,16,17)(H,13,14,15). The van der Waals surface area contributed by atoms with Gasteiger partial charge in [-0.1, -0.05) is 12.8 Å². The molecule has 6 nitrogen and oxygen atoms in total. The zero-order valence-corrected chi connectivity index (χ0v) is 10.3. The number of carbonyl (C=O) groups excluding carboxylic acids is 1. The number of nitrogens with one attached hydrogen (secondary N) is 2. The average Bonchev–Trinajstić information content (AvgIpc) is 2.54. The van der Waals surface area contributed by atoms with Crippen LogP contribution in [0.4, 0.5) is 11.5 Å². The van der Waals surface area contributed by atoms with Gasteiger partial charge in [-0.2, -0.15) is 4.98 Å². The summed E-state index contributed by atoms with van der Waals surface area (Å²) in [5, 5.41) is 6.24. The van der Waals surface area contributed by atoms with Crippen molar-refractivity contribution in [1.29, 1.82) is 0 Å². The third kappa shape index (κ3) is 1.77. The fourth-order valence-corrected chi connectivity index (χ4v) is 2.76. The van der Waals surface area contributed by atoms with Crippen molar-refractivity contribution < 1.29 is 9.53 Å². The highest BCUT2D eigenvalue weighted by atomic mass is 16.5. The lowest BCUT2D eigenvalue weighted by Gasteiger charge is -2.28. The number of amides is 1. The van der Waals surface area contributed by atoms with E-state index >= 15 is 0 Å². The van der Waals surface area contributed by atoms with E-state index in [9.17, 15) is 4.79 Å². The van der Waals surface area contributed by atoms with Gasteiger partial charge >= 0.3 is 0 Å². The molecule has 2 unspecified atom stereocenters. The Morgan fingerprint density at radius 1 is 1.33 bits per heavy atom. The first-order chi connectivity index (χ1) is 8.79. The highest BCUT2D eigenvalue weighted by Gasteiger charge is 2.35. The topological polar surface area (TPSA) is 76.1 Å². The molecule has 3 rings (SSSR count). The van der Waals surface area contributed by atoms with Crippen LogP contribution in [0.2, 0.25) is 0 Å². The van der Waals surface area contributed by atoms with Crippen LogP contribution in [0.15, 0.2) is 6.33 Å². The predicted octanol–water partition coefficient (Wildman–Crippen LogP) is 1.41. The smallest absolute Gasteiger partial charge is 0.242 e. The van der Waals surface area contributed by atoms with E-state index in [2.05, 4.69) is 20.6 Å². The molecule has 1 saturated carbocycles. The van der Waals surface area contributed by atoms with Crippen molar-refractivity contribution in [2.24, 2.45) is 5.92 Å². The van der Waals surface area contributed by atoms with Crippen molar-refractivity contribution in [3.05, 3.63) is 6.33 Å². The van der Waals surface area contributed by atoms with Crippen molar-refractivity contribution >= 4 is 17.4 Å². The number of nitrogens with zero attached hydrogens (tertiary/aromatic N) is 2. The van der Waals surface area contributed by atoms with Gasteiger partial charge in [-0.25, -0.2) is 4.98 Å². The summed E-state index contributed by atoms with van der Waals surface area (Å²) in [7, 11) is 1.53. The highest BCUT2D eigenvalue weighted by molar-refractivity contribution is 5.98. The van der Waals surface area contributed by atoms with Gasteiger partial charge in [0, 0.05) is 6.04 Å². The third-order valence-electron chi connectivity index (χ3n) is 3.68. The van der Waals surface area contributed by atoms with Crippen LogP contribution in [0, 0.1) is 5.92 Å². The monoisotopic (exact) mass is 248 g/mol. The predicted molar refractivity (Wildman–Crippen MR) is 66.6 cm³/mol. The largest absolute Gasteiger partial charge is 0.479 e. The molecule has 1 aliphatic heterocycles. The van der Waals surface area contributed by atoms with Gasteiger partial charge in [-0.15, -0.1) is 0 Å². The van der Waals surface area contributed by atoms with Gasteiger partial charge in [0.25, 0.3) is 0 Å². The van der Waals surface area contributed by atoms with E-state index in [4.69, 9.17) is 4.74 Å². The fraction of sp³-hybridized carbons (Fsp3) is 0.583. The van der Waals surface area contributed by atoms with Gasteiger partial charge < -0.3 is 15.4 Å². The Kier molecular flexibility index (Phi) is 2.77. The van der Waals surface area contributed by atoms with E-state index in [1.165, 1.54) is 13.4 Å². The van der Waals surface area contributed by atoms with Crippen molar-refractivity contribution in [1.82, 2.24) is 9.97 Å². The van der Waals surface area contributed by atoms with Gasteiger partial charge in [0.2, 0.25) is 11.8 Å². The van der Waals surface area contributed by atoms with Gasteiger partial charge in [0.05, 0.1) is 13.0 Å². The van der Waals surface area contributed by atoms with E-state index in [1.807, 2.05) is 0 Å². The summed E-state index contributed by atoms with van der Waals surface area (Å²) in [4.78, 5) is 20.4. The molecular weight excluding hydrogens is 232 g/mol. The van der Waals surface area contributed by atoms with E-state index in [0.717, 1.165) is 25.7 Å². The first kappa shape index (κ1) is 11.3. The molecule has 0 radical (unpaired) electrons. The zero-order chi connectivity index (χ0) is 12.5. The summed E-state index contributed by atoms with van der Waals surface area (Å²) in [6.07, 6.45) is 5.63. The molecule has 0 bridgehead atoms. The van der Waals surface area contributed by atoms with Crippen LogP contribution >= 0.6 is 0 Å². The Balaban J connectivity index is 2.00. The van der Waals surface area contributed by atoms with E-state index in [0.29, 0.717) is 17.4 Å². The number of hydrogen-bond donors (Lipinski definition) is 2. The van der Waals surface area contributed by atoms with Crippen molar-refractivity contribution in [2.75, 3.05) is 17.7 Å². The zero-order valence-electron chi connectivity index (χ0n) is 10.3. The summed E-state index contributed by atoms with van der Waals surface area (Å²) in [6, 6.07) is 0.166. The van der Waals surface area contributed by atoms with Gasteiger partial charge in [-0.05, 0) is 12.8 Å². The minimum absolute atomic E-state index is 0.0117. The normalized spacial score (nSPS) is 26.2. The maximum atomic E-state index is 12.2. The van der Waals surface area contributed by atoms with Crippen molar-refractivity contribution in [2.45, 2.75) is 31.7 Å². The van der Waals surface area contributed by atoms with E-state index < -0.39 is 0 Å². The van der Waals surface area contributed by atoms with Gasteiger partial charge in [0.15, 0.2) is 5.82 Å². The van der Waals surface area contributed by atoms with Crippen LogP contribution in [0.1, 0.15) is 25.7 Å². The molecule has 1 aromatic rings. The van der Waals surface area contributed by atoms with E-state index in [1.54, 1.807) is 0 Å². The Bertz CT molecular complexity index is 477. The fourth-order valence-electron chi connectivity index (χ4n) is 2.76. The maximum absolute atomic E-state index is 12.2. The summed E-state index contributed by atoms with van der Waals surface area (Å²) >= 11 is 0. The minimum atomic E-state index is 0.0117. The Hall–Kier alpha value is -1.85. The van der Waals surface area contributed by atoms with E-state index in [-0.39, 0.29) is 17.9 Å². The maximum Gasteiger partial charge on any atom is 0.242 e. The molecule has 1 aromatic heterocycles. The number of ether oxygens (including phenoxy) is 1. The molecule has 1 aliphatic carbocycles. The molecule has 2 N–H and O–H groups in total. The second kappa shape index (κ2) is 4.44. The molecule has 1 fully saturated rings. The molecule has 0 aromatic carbocycles. The number of anilines is 2. The molecule has 2 heterocycles. The molecule has 1 amide bonds. The minimum Gasteiger partial charge on any atom is -0.479 e. The number of carbonyl (C=O) groups is 1. The molecule has 18 heavy (non-hydrogen) atoms. The van der Waals surface area contributed by atoms with Crippen LogP contribution < -0.4 is 15.4 Å². The van der Waals surface area contributed by atoms with Crippen LogP contribution in [0.25, 0.3) is 0 Å². The summed E-state index contributed by atoms with van der Waals surface area (Å²) in [5.74, 6) is 1.11. The molecule has 0 spiro atoms. The Morgan fingerprint density at radius 3 is 3.00 bits per heavy atom. The molecule has 6 heteroatoms. The Morgan fingerprint density at radius 2 is 2.17 bits per heavy atom. The van der Waals surface area contributed by atoms with Crippen molar-refractivity contribution in [3.8, 4) is 5.88 Å². The van der Waals surface area contributed by atoms with Gasteiger partial charge in [0.1, 0.15) is 12.0 Å². The first-order valence-corrected chi connectivity index (χ1v) is 6.26. The molecule has 2 aliphatic rings. The molecule has 2 atom stereocenters. The highest BCUT2D eigenvalue weighted by Crippen LogP contribution is 2.36. The lowest BCUT2D eigenvalue weighted by molar-refractivity contribution is -0.120. The number of rotatable bonds is 1. The van der Waals surface area contributed by atoms with Crippen LogP contribution in [-0.2, 0) is 4.79 Å². The second-order valence-electron chi connectivity index (χ2n) is 4.74. The molecule has 0 saturated heterocycles. The van der Waals surface area contributed by atoms with Crippen molar-refractivity contribution in [3.63, 3.8) is 0 Å². The number of aromatic nitrogens is 2. The average molecular weight is 248 g/mol. The summed E-state index contributed by atoms with van der Waals surface area (Å²) in [5.41, 5.74) is 0.555.